The normalized spacial score (nSPS) is 19.1. The molecule has 1 N–H and O–H groups in total. The van der Waals surface area contributed by atoms with Crippen LogP contribution in [0.1, 0.15) is 63.1 Å². The first-order valence-corrected chi connectivity index (χ1v) is 8.16. The molecule has 2 nitrogen and oxygen atoms in total. The SMILES string of the molecule is CCCc1ccc(C(NC)C2(OCC)CCCC2)cc1. The Balaban J connectivity index is 2.21. The van der Waals surface area contributed by atoms with E-state index in [4.69, 9.17) is 4.74 Å². The van der Waals surface area contributed by atoms with Gasteiger partial charge in [0.2, 0.25) is 0 Å². The number of ether oxygens (including phenoxy) is 1. The Morgan fingerprint density at radius 1 is 1.15 bits per heavy atom. The topological polar surface area (TPSA) is 21.3 Å². The van der Waals surface area contributed by atoms with Crippen LogP contribution >= 0.6 is 0 Å². The minimum atomic E-state index is -0.00419. The molecule has 0 saturated heterocycles. The van der Waals surface area contributed by atoms with Gasteiger partial charge in [-0.15, -0.1) is 0 Å². The van der Waals surface area contributed by atoms with Crippen LogP contribution in [0.2, 0.25) is 0 Å². The molecule has 2 rings (SSSR count). The number of hydrogen-bond donors (Lipinski definition) is 1. The molecule has 0 bridgehead atoms. The molecule has 1 fully saturated rings. The highest BCUT2D eigenvalue weighted by molar-refractivity contribution is 5.27. The minimum Gasteiger partial charge on any atom is -0.373 e. The minimum absolute atomic E-state index is 0.00419. The number of likely N-dealkylation sites (N-methyl/N-ethyl adjacent to an activating group) is 1. The Morgan fingerprint density at radius 2 is 1.80 bits per heavy atom. The van der Waals surface area contributed by atoms with E-state index in [0.717, 1.165) is 6.61 Å². The molecule has 20 heavy (non-hydrogen) atoms. The molecule has 112 valence electrons. The standard InChI is InChI=1S/C18H29NO/c1-4-8-15-9-11-16(12-10-15)17(19-3)18(20-5-2)13-6-7-14-18/h9-12,17,19H,4-8,13-14H2,1-3H3. The van der Waals surface area contributed by atoms with Crippen molar-refractivity contribution in [3.05, 3.63) is 35.4 Å². The van der Waals surface area contributed by atoms with Crippen LogP contribution in [-0.4, -0.2) is 19.3 Å². The third-order valence-electron chi connectivity index (χ3n) is 4.55. The number of nitrogens with one attached hydrogen (secondary N) is 1. The van der Waals surface area contributed by atoms with Crippen LogP contribution < -0.4 is 5.32 Å². The average Bonchev–Trinajstić information content (AvgIpc) is 2.92. The molecule has 0 heterocycles. The third kappa shape index (κ3) is 3.24. The summed E-state index contributed by atoms with van der Waals surface area (Å²) in [4.78, 5) is 0. The molecule has 0 spiro atoms. The van der Waals surface area contributed by atoms with Crippen molar-refractivity contribution in [3.8, 4) is 0 Å². The maximum absolute atomic E-state index is 6.21. The summed E-state index contributed by atoms with van der Waals surface area (Å²) in [5.41, 5.74) is 2.79. The van der Waals surface area contributed by atoms with Crippen molar-refractivity contribution in [2.24, 2.45) is 0 Å². The summed E-state index contributed by atoms with van der Waals surface area (Å²) < 4.78 is 6.21. The van der Waals surface area contributed by atoms with Crippen molar-refractivity contribution in [1.82, 2.24) is 5.32 Å². The van der Waals surface area contributed by atoms with Crippen LogP contribution in [-0.2, 0) is 11.2 Å². The van der Waals surface area contributed by atoms with Crippen LogP contribution in [0.5, 0.6) is 0 Å². The average molecular weight is 275 g/mol. The summed E-state index contributed by atoms with van der Waals surface area (Å²) in [6.45, 7) is 5.14. The third-order valence-corrected chi connectivity index (χ3v) is 4.55. The molecule has 0 aliphatic heterocycles. The molecular formula is C18H29NO. The van der Waals surface area contributed by atoms with Gasteiger partial charge in [-0.2, -0.15) is 0 Å². The molecule has 1 saturated carbocycles. The summed E-state index contributed by atoms with van der Waals surface area (Å²) in [5, 5.41) is 3.51. The largest absolute Gasteiger partial charge is 0.373 e. The zero-order valence-corrected chi connectivity index (χ0v) is 13.2. The van der Waals surface area contributed by atoms with Crippen LogP contribution in [0.25, 0.3) is 0 Å². The fourth-order valence-electron chi connectivity index (χ4n) is 3.68. The lowest BCUT2D eigenvalue weighted by Crippen LogP contribution is -2.43. The maximum atomic E-state index is 6.21. The number of benzene rings is 1. The summed E-state index contributed by atoms with van der Waals surface area (Å²) in [6.07, 6.45) is 7.28. The zero-order valence-electron chi connectivity index (χ0n) is 13.2. The van der Waals surface area contributed by atoms with E-state index in [-0.39, 0.29) is 5.60 Å². The van der Waals surface area contributed by atoms with Gasteiger partial charge in [-0.25, -0.2) is 0 Å². The van der Waals surface area contributed by atoms with Gasteiger partial charge >= 0.3 is 0 Å². The number of aryl methyl sites for hydroxylation is 1. The van der Waals surface area contributed by atoms with Crippen LogP contribution in [0.4, 0.5) is 0 Å². The summed E-state index contributed by atoms with van der Waals surface area (Å²) in [7, 11) is 2.06. The molecule has 1 aromatic rings. The highest BCUT2D eigenvalue weighted by Crippen LogP contribution is 2.42. The fourth-order valence-corrected chi connectivity index (χ4v) is 3.68. The lowest BCUT2D eigenvalue weighted by atomic mass is 9.86. The van der Waals surface area contributed by atoms with Gasteiger partial charge in [-0.3, -0.25) is 0 Å². The molecule has 1 aromatic carbocycles. The molecule has 1 aliphatic carbocycles. The van der Waals surface area contributed by atoms with E-state index < -0.39 is 0 Å². The lowest BCUT2D eigenvalue weighted by Gasteiger charge is -2.37. The van der Waals surface area contributed by atoms with Gasteiger partial charge in [0.1, 0.15) is 0 Å². The van der Waals surface area contributed by atoms with Crippen molar-refractivity contribution in [2.75, 3.05) is 13.7 Å². The highest BCUT2D eigenvalue weighted by atomic mass is 16.5. The maximum Gasteiger partial charge on any atom is 0.0876 e. The first-order valence-electron chi connectivity index (χ1n) is 8.16. The van der Waals surface area contributed by atoms with Gasteiger partial charge < -0.3 is 10.1 Å². The Kier molecular flexibility index (Phi) is 5.62. The van der Waals surface area contributed by atoms with Crippen LogP contribution in [0.3, 0.4) is 0 Å². The molecule has 0 amide bonds. The van der Waals surface area contributed by atoms with E-state index in [0.29, 0.717) is 6.04 Å². The second-order valence-corrected chi connectivity index (χ2v) is 5.92. The van der Waals surface area contributed by atoms with Crippen molar-refractivity contribution in [3.63, 3.8) is 0 Å². The Hall–Kier alpha value is -0.860. The molecule has 1 aliphatic rings. The second kappa shape index (κ2) is 7.24. The van der Waals surface area contributed by atoms with E-state index in [1.54, 1.807) is 0 Å². The van der Waals surface area contributed by atoms with E-state index in [1.807, 2.05) is 0 Å². The van der Waals surface area contributed by atoms with Gasteiger partial charge in [0, 0.05) is 6.61 Å². The first kappa shape index (κ1) is 15.5. The van der Waals surface area contributed by atoms with Gasteiger partial charge in [-0.1, -0.05) is 50.5 Å². The predicted molar refractivity (Wildman–Crippen MR) is 85.1 cm³/mol. The second-order valence-electron chi connectivity index (χ2n) is 5.92. The van der Waals surface area contributed by atoms with E-state index >= 15 is 0 Å². The smallest absolute Gasteiger partial charge is 0.0876 e. The quantitative estimate of drug-likeness (QED) is 0.803. The summed E-state index contributed by atoms with van der Waals surface area (Å²) in [6, 6.07) is 9.42. The zero-order chi connectivity index (χ0) is 14.4. The van der Waals surface area contributed by atoms with E-state index in [9.17, 15) is 0 Å². The van der Waals surface area contributed by atoms with Crippen molar-refractivity contribution in [1.29, 1.82) is 0 Å². The van der Waals surface area contributed by atoms with E-state index in [2.05, 4.69) is 50.5 Å². The fraction of sp³-hybridized carbons (Fsp3) is 0.667. The molecule has 0 aromatic heterocycles. The van der Waals surface area contributed by atoms with Crippen molar-refractivity contribution in [2.45, 2.75) is 64.0 Å². The van der Waals surface area contributed by atoms with Crippen molar-refractivity contribution < 1.29 is 4.74 Å². The Morgan fingerprint density at radius 3 is 2.30 bits per heavy atom. The van der Waals surface area contributed by atoms with E-state index in [1.165, 1.54) is 49.7 Å². The van der Waals surface area contributed by atoms with Crippen LogP contribution in [0, 0.1) is 0 Å². The predicted octanol–water partition coefficient (Wildman–Crippen LogP) is 4.25. The molecule has 2 heteroatoms. The van der Waals surface area contributed by atoms with Gasteiger partial charge in [0.05, 0.1) is 11.6 Å². The first-order chi connectivity index (χ1) is 9.75. The highest BCUT2D eigenvalue weighted by Gasteiger charge is 2.42. The summed E-state index contributed by atoms with van der Waals surface area (Å²) >= 11 is 0. The molecular weight excluding hydrogens is 246 g/mol. The molecule has 1 atom stereocenters. The summed E-state index contributed by atoms with van der Waals surface area (Å²) in [5.74, 6) is 0. The number of hydrogen-bond acceptors (Lipinski definition) is 2. The van der Waals surface area contributed by atoms with Gasteiger partial charge in [0.15, 0.2) is 0 Å². The number of rotatable bonds is 7. The lowest BCUT2D eigenvalue weighted by molar-refractivity contribution is -0.0610. The van der Waals surface area contributed by atoms with Crippen molar-refractivity contribution >= 4 is 0 Å². The Bertz CT molecular complexity index is 392. The molecule has 0 radical (unpaired) electrons. The van der Waals surface area contributed by atoms with Gasteiger partial charge in [0.25, 0.3) is 0 Å². The van der Waals surface area contributed by atoms with Crippen LogP contribution in [0.15, 0.2) is 24.3 Å². The molecule has 1 unspecified atom stereocenters. The monoisotopic (exact) mass is 275 g/mol. The van der Waals surface area contributed by atoms with Gasteiger partial charge in [-0.05, 0) is 44.4 Å². The Labute approximate surface area is 123 Å².